The predicted octanol–water partition coefficient (Wildman–Crippen LogP) is 10.6. The van der Waals surface area contributed by atoms with Gasteiger partial charge in [0.25, 0.3) is 0 Å². The molecular weight excluding hydrogens is 534 g/mol. The van der Waals surface area contributed by atoms with E-state index in [-0.39, 0.29) is 0 Å². The van der Waals surface area contributed by atoms with Gasteiger partial charge >= 0.3 is 0 Å². The Morgan fingerprint density at radius 2 is 1.50 bits per heavy atom. The lowest BCUT2D eigenvalue weighted by atomic mass is 9.92. The number of pyridine rings is 1. The van der Waals surface area contributed by atoms with Gasteiger partial charge in [0.05, 0.1) is 11.4 Å². The molecule has 44 heavy (non-hydrogen) atoms. The molecular formula is C41H31N3. The van der Waals surface area contributed by atoms with E-state index in [9.17, 15) is 0 Å². The van der Waals surface area contributed by atoms with Gasteiger partial charge in [0.15, 0.2) is 5.82 Å². The number of benzene rings is 4. The van der Waals surface area contributed by atoms with Crippen molar-refractivity contribution in [3.63, 3.8) is 0 Å². The first-order valence-electron chi connectivity index (χ1n) is 14.9. The maximum Gasteiger partial charge on any atom is 0.160 e. The van der Waals surface area contributed by atoms with Crippen LogP contribution in [-0.2, 0) is 0 Å². The standard InChI is InChI=1S/C41H31N3/c1-3-4-11-28(2)30-15-9-17-33(22-30)39-25-40(44-41(43-39)35-21-20-29-12-5-6-13-31(29)23-35)34-18-10-16-32(24-34)38-27-42-26-36-14-7-8-19-37(36)38/h3-8,10-14,16-27H,1-2,9,15H2/b11-4-. The van der Waals surface area contributed by atoms with Gasteiger partial charge in [0.2, 0.25) is 0 Å². The maximum absolute atomic E-state index is 5.15. The lowest BCUT2D eigenvalue weighted by molar-refractivity contribution is 0.980. The lowest BCUT2D eigenvalue weighted by Gasteiger charge is -2.16. The SMILES string of the molecule is C=C/C=C\C(=C)C1=CC(c2cc(-c3cccc(-c4cncc5ccccc45)c3)nc(-c3ccc4ccccc4c3)n2)=CCC1. The smallest absolute Gasteiger partial charge is 0.160 e. The van der Waals surface area contributed by atoms with Crippen LogP contribution in [0.4, 0.5) is 0 Å². The minimum Gasteiger partial charge on any atom is -0.263 e. The fraction of sp³-hybridized carbons (Fsp3) is 0.0488. The fourth-order valence-electron chi connectivity index (χ4n) is 5.82. The van der Waals surface area contributed by atoms with E-state index in [0.717, 1.165) is 68.4 Å². The minimum absolute atomic E-state index is 0.701. The molecule has 0 N–H and O–H groups in total. The minimum atomic E-state index is 0.701. The van der Waals surface area contributed by atoms with Crippen LogP contribution < -0.4 is 0 Å². The van der Waals surface area contributed by atoms with Crippen LogP contribution in [-0.4, -0.2) is 15.0 Å². The summed E-state index contributed by atoms with van der Waals surface area (Å²) in [5.74, 6) is 0.701. The Morgan fingerprint density at radius 1 is 0.705 bits per heavy atom. The predicted molar refractivity (Wildman–Crippen MR) is 185 cm³/mol. The monoisotopic (exact) mass is 565 g/mol. The molecule has 0 radical (unpaired) electrons. The molecule has 0 saturated heterocycles. The topological polar surface area (TPSA) is 38.7 Å². The molecule has 2 aromatic heterocycles. The molecule has 4 aromatic carbocycles. The highest BCUT2D eigenvalue weighted by molar-refractivity contribution is 5.96. The number of fused-ring (bicyclic) bond motifs is 2. The van der Waals surface area contributed by atoms with Crippen molar-refractivity contribution in [3.8, 4) is 33.8 Å². The van der Waals surface area contributed by atoms with Gasteiger partial charge in [-0.2, -0.15) is 0 Å². The second kappa shape index (κ2) is 11.9. The molecule has 6 aromatic rings. The van der Waals surface area contributed by atoms with Crippen LogP contribution in [0.25, 0.3) is 60.9 Å². The third kappa shape index (κ3) is 5.44. The molecule has 1 aliphatic carbocycles. The molecule has 0 aliphatic heterocycles. The molecule has 1 aliphatic rings. The Labute approximate surface area is 258 Å². The summed E-state index contributed by atoms with van der Waals surface area (Å²) in [5.41, 5.74) is 9.27. The first-order chi connectivity index (χ1) is 21.7. The van der Waals surface area contributed by atoms with Gasteiger partial charge < -0.3 is 0 Å². The fourth-order valence-corrected chi connectivity index (χ4v) is 5.82. The highest BCUT2D eigenvalue weighted by Crippen LogP contribution is 2.34. The largest absolute Gasteiger partial charge is 0.263 e. The highest BCUT2D eigenvalue weighted by atomic mass is 14.9. The maximum atomic E-state index is 5.15. The van der Waals surface area contributed by atoms with Crippen LogP contribution in [0.1, 0.15) is 18.5 Å². The van der Waals surface area contributed by atoms with Crippen LogP contribution in [0.5, 0.6) is 0 Å². The summed E-state index contributed by atoms with van der Waals surface area (Å²) in [6, 6.07) is 33.9. The van der Waals surface area contributed by atoms with E-state index < -0.39 is 0 Å². The number of aromatic nitrogens is 3. The van der Waals surface area contributed by atoms with Crippen molar-refractivity contribution < 1.29 is 0 Å². The Hall–Kier alpha value is -5.67. The third-order valence-corrected chi connectivity index (χ3v) is 8.12. The van der Waals surface area contributed by atoms with Gasteiger partial charge in [-0.1, -0.05) is 116 Å². The zero-order valence-corrected chi connectivity index (χ0v) is 24.4. The van der Waals surface area contributed by atoms with Crippen molar-refractivity contribution in [3.05, 3.63) is 170 Å². The van der Waals surface area contributed by atoms with Crippen LogP contribution in [0, 0.1) is 0 Å². The van der Waals surface area contributed by atoms with Gasteiger partial charge in [0.1, 0.15) is 0 Å². The van der Waals surface area contributed by atoms with Crippen molar-refractivity contribution >= 4 is 27.1 Å². The van der Waals surface area contributed by atoms with E-state index in [1.165, 1.54) is 16.3 Å². The van der Waals surface area contributed by atoms with Crippen LogP contribution in [0.15, 0.2) is 164 Å². The summed E-state index contributed by atoms with van der Waals surface area (Å²) in [5, 5.41) is 4.65. The van der Waals surface area contributed by atoms with Crippen molar-refractivity contribution in [1.29, 1.82) is 0 Å². The second-order valence-electron chi connectivity index (χ2n) is 11.0. The second-order valence-corrected chi connectivity index (χ2v) is 11.0. The summed E-state index contributed by atoms with van der Waals surface area (Å²) >= 11 is 0. The van der Waals surface area contributed by atoms with E-state index in [0.29, 0.717) is 5.82 Å². The summed E-state index contributed by atoms with van der Waals surface area (Å²) in [4.78, 5) is 14.8. The van der Waals surface area contributed by atoms with Crippen LogP contribution in [0.2, 0.25) is 0 Å². The van der Waals surface area contributed by atoms with Gasteiger partial charge in [0, 0.05) is 34.5 Å². The number of nitrogens with zero attached hydrogens (tertiary/aromatic N) is 3. The van der Waals surface area contributed by atoms with Gasteiger partial charge in [-0.05, 0) is 75.6 Å². The van der Waals surface area contributed by atoms with E-state index in [1.54, 1.807) is 6.08 Å². The van der Waals surface area contributed by atoms with Crippen LogP contribution in [0.3, 0.4) is 0 Å². The first-order valence-corrected chi connectivity index (χ1v) is 14.9. The van der Waals surface area contributed by atoms with Crippen molar-refractivity contribution in [2.24, 2.45) is 0 Å². The number of hydrogen-bond acceptors (Lipinski definition) is 3. The molecule has 0 bridgehead atoms. The number of rotatable bonds is 7. The summed E-state index contributed by atoms with van der Waals surface area (Å²) < 4.78 is 0. The molecule has 210 valence electrons. The molecule has 3 nitrogen and oxygen atoms in total. The normalized spacial score (nSPS) is 13.2. The zero-order valence-electron chi connectivity index (χ0n) is 24.4. The van der Waals surface area contributed by atoms with E-state index in [1.807, 2.05) is 30.6 Å². The van der Waals surface area contributed by atoms with Crippen molar-refractivity contribution in [2.45, 2.75) is 12.8 Å². The molecule has 0 atom stereocenters. The Bertz CT molecular complexity index is 2160. The average molecular weight is 566 g/mol. The molecule has 0 unspecified atom stereocenters. The van der Waals surface area contributed by atoms with E-state index >= 15 is 0 Å². The zero-order chi connectivity index (χ0) is 29.9. The Morgan fingerprint density at radius 3 is 2.39 bits per heavy atom. The lowest BCUT2D eigenvalue weighted by Crippen LogP contribution is -2.01. The Balaban J connectivity index is 1.37. The summed E-state index contributed by atoms with van der Waals surface area (Å²) in [6.07, 6.45) is 15.9. The number of allylic oxidation sites excluding steroid dienone is 8. The molecule has 7 rings (SSSR count). The molecule has 0 spiro atoms. The van der Waals surface area contributed by atoms with Crippen LogP contribution >= 0.6 is 0 Å². The van der Waals surface area contributed by atoms with Gasteiger partial charge in [-0.15, -0.1) is 0 Å². The molecule has 0 saturated carbocycles. The van der Waals surface area contributed by atoms with Crippen molar-refractivity contribution in [1.82, 2.24) is 15.0 Å². The van der Waals surface area contributed by atoms with Crippen molar-refractivity contribution in [2.75, 3.05) is 0 Å². The molecule has 0 fully saturated rings. The highest BCUT2D eigenvalue weighted by Gasteiger charge is 2.16. The van der Waals surface area contributed by atoms with E-state index in [4.69, 9.17) is 9.97 Å². The van der Waals surface area contributed by atoms with Gasteiger partial charge in [-0.3, -0.25) is 4.98 Å². The third-order valence-electron chi connectivity index (χ3n) is 8.12. The van der Waals surface area contributed by atoms with E-state index in [2.05, 4.69) is 121 Å². The summed E-state index contributed by atoms with van der Waals surface area (Å²) in [6.45, 7) is 8.09. The quantitative estimate of drug-likeness (QED) is 0.181. The summed E-state index contributed by atoms with van der Waals surface area (Å²) in [7, 11) is 0. The molecule has 0 amide bonds. The molecule has 2 heterocycles. The Kier molecular flexibility index (Phi) is 7.35. The number of hydrogen-bond donors (Lipinski definition) is 0. The molecule has 3 heteroatoms. The first kappa shape index (κ1) is 27.2. The van der Waals surface area contributed by atoms with Gasteiger partial charge in [-0.25, -0.2) is 9.97 Å². The average Bonchev–Trinajstić information content (AvgIpc) is 3.10.